The highest BCUT2D eigenvalue weighted by atomic mass is 35.5. The molecule has 5 rings (SSSR count). The molecule has 8 heteroatoms. The van der Waals surface area contributed by atoms with Gasteiger partial charge in [-0.1, -0.05) is 41.9 Å². The fraction of sp³-hybridized carbons (Fsp3) is 0.133. The van der Waals surface area contributed by atoms with E-state index in [0.29, 0.717) is 28.3 Å². The number of anilines is 2. The molecule has 1 heterocycles. The molecule has 0 saturated heterocycles. The number of halogens is 2. The first-order valence-corrected chi connectivity index (χ1v) is 12.3. The second-order valence-corrected chi connectivity index (χ2v) is 9.18. The summed E-state index contributed by atoms with van der Waals surface area (Å²) in [6.45, 7) is 0. The SMILES string of the molecule is COc1ccc([C@@H]2[C@@H](C(=O)Nc3ccc(F)cc3Cl)c3ccccc3C(=O)N2c2ccc(OC)cc2)cc1. The van der Waals surface area contributed by atoms with E-state index >= 15 is 0 Å². The van der Waals surface area contributed by atoms with E-state index in [9.17, 15) is 14.0 Å². The van der Waals surface area contributed by atoms with Crippen molar-refractivity contribution in [2.24, 2.45) is 0 Å². The number of hydrogen-bond donors (Lipinski definition) is 1. The van der Waals surface area contributed by atoms with E-state index in [0.717, 1.165) is 11.6 Å². The average Bonchev–Trinajstić information content (AvgIpc) is 2.94. The van der Waals surface area contributed by atoms with E-state index in [2.05, 4.69) is 5.32 Å². The van der Waals surface area contributed by atoms with Gasteiger partial charge in [0.05, 0.1) is 36.9 Å². The highest BCUT2D eigenvalue weighted by molar-refractivity contribution is 6.33. The first kappa shape index (κ1) is 25.3. The Balaban J connectivity index is 1.68. The predicted octanol–water partition coefficient (Wildman–Crippen LogP) is 6.62. The number of rotatable bonds is 6. The highest BCUT2D eigenvalue weighted by Gasteiger charge is 2.45. The molecule has 192 valence electrons. The largest absolute Gasteiger partial charge is 0.497 e. The van der Waals surface area contributed by atoms with Crippen molar-refractivity contribution in [3.63, 3.8) is 0 Å². The molecule has 2 amide bonds. The molecule has 6 nitrogen and oxygen atoms in total. The molecule has 0 radical (unpaired) electrons. The summed E-state index contributed by atoms with van der Waals surface area (Å²) in [5.41, 5.74) is 2.60. The number of ether oxygens (including phenoxy) is 2. The number of hydrogen-bond acceptors (Lipinski definition) is 4. The second-order valence-electron chi connectivity index (χ2n) is 8.77. The molecule has 0 aliphatic carbocycles. The molecule has 1 N–H and O–H groups in total. The van der Waals surface area contributed by atoms with Gasteiger partial charge in [-0.15, -0.1) is 0 Å². The number of carbonyl (C=O) groups excluding carboxylic acids is 2. The lowest BCUT2D eigenvalue weighted by atomic mass is 9.78. The van der Waals surface area contributed by atoms with Crippen LogP contribution in [-0.2, 0) is 4.79 Å². The minimum Gasteiger partial charge on any atom is -0.497 e. The fourth-order valence-corrected chi connectivity index (χ4v) is 5.00. The Hall–Kier alpha value is -4.36. The molecule has 38 heavy (non-hydrogen) atoms. The van der Waals surface area contributed by atoms with Gasteiger partial charge in [0.1, 0.15) is 17.3 Å². The summed E-state index contributed by atoms with van der Waals surface area (Å²) in [6, 6.07) is 24.5. The fourth-order valence-electron chi connectivity index (χ4n) is 4.79. The summed E-state index contributed by atoms with van der Waals surface area (Å²) in [4.78, 5) is 29.6. The first-order valence-electron chi connectivity index (χ1n) is 11.9. The quantitative estimate of drug-likeness (QED) is 0.304. The van der Waals surface area contributed by atoms with E-state index in [1.54, 1.807) is 79.8 Å². The van der Waals surface area contributed by atoms with Crippen molar-refractivity contribution >= 4 is 34.8 Å². The van der Waals surface area contributed by atoms with Gasteiger partial charge in [-0.3, -0.25) is 14.5 Å². The Labute approximate surface area is 224 Å². The number of nitrogens with one attached hydrogen (secondary N) is 1. The van der Waals surface area contributed by atoms with E-state index in [1.807, 2.05) is 12.1 Å². The summed E-state index contributed by atoms with van der Waals surface area (Å²) >= 11 is 6.23. The molecule has 0 aromatic heterocycles. The molecule has 1 aliphatic rings. The summed E-state index contributed by atoms with van der Waals surface area (Å²) < 4.78 is 24.3. The summed E-state index contributed by atoms with van der Waals surface area (Å²) in [5, 5.41) is 2.93. The third kappa shape index (κ3) is 4.68. The van der Waals surface area contributed by atoms with E-state index < -0.39 is 23.7 Å². The van der Waals surface area contributed by atoms with Crippen molar-refractivity contribution in [1.29, 1.82) is 0 Å². The van der Waals surface area contributed by atoms with Crippen LogP contribution in [0.25, 0.3) is 0 Å². The van der Waals surface area contributed by atoms with Crippen molar-refractivity contribution in [3.05, 3.63) is 119 Å². The first-order chi connectivity index (χ1) is 18.4. The number of methoxy groups -OCH3 is 2. The van der Waals surface area contributed by atoms with Crippen molar-refractivity contribution in [1.82, 2.24) is 0 Å². The van der Waals surface area contributed by atoms with Crippen molar-refractivity contribution < 1.29 is 23.5 Å². The van der Waals surface area contributed by atoms with Crippen LogP contribution in [-0.4, -0.2) is 26.0 Å². The lowest BCUT2D eigenvalue weighted by Crippen LogP contribution is -2.46. The molecule has 2 atom stereocenters. The molecule has 0 bridgehead atoms. The van der Waals surface area contributed by atoms with Crippen molar-refractivity contribution in [3.8, 4) is 11.5 Å². The molecular formula is C30H24ClFN2O4. The number of nitrogens with zero attached hydrogens (tertiary/aromatic N) is 1. The van der Waals surface area contributed by atoms with Gasteiger partial charge in [0.25, 0.3) is 5.91 Å². The number of fused-ring (bicyclic) bond motifs is 1. The van der Waals surface area contributed by atoms with Gasteiger partial charge in [-0.2, -0.15) is 0 Å². The lowest BCUT2D eigenvalue weighted by molar-refractivity contribution is -0.118. The van der Waals surface area contributed by atoms with Crippen LogP contribution in [0.1, 0.15) is 33.4 Å². The minimum atomic E-state index is -0.819. The van der Waals surface area contributed by atoms with Crippen molar-refractivity contribution in [2.45, 2.75) is 12.0 Å². The maximum Gasteiger partial charge on any atom is 0.259 e. The average molecular weight is 531 g/mol. The Morgan fingerprint density at radius 3 is 2.16 bits per heavy atom. The van der Waals surface area contributed by atoms with Gasteiger partial charge in [-0.05, 0) is 71.8 Å². The molecule has 0 saturated carbocycles. The van der Waals surface area contributed by atoms with Crippen LogP contribution in [0.15, 0.2) is 91.0 Å². The van der Waals surface area contributed by atoms with E-state index in [1.165, 1.54) is 12.1 Å². The third-order valence-electron chi connectivity index (χ3n) is 6.62. The number of amides is 2. The molecule has 0 spiro atoms. The van der Waals surface area contributed by atoms with Crippen LogP contribution in [0, 0.1) is 5.82 Å². The summed E-state index contributed by atoms with van der Waals surface area (Å²) in [5.74, 6) is -0.677. The van der Waals surface area contributed by atoms with Crippen LogP contribution < -0.4 is 19.7 Å². The smallest absolute Gasteiger partial charge is 0.259 e. The monoisotopic (exact) mass is 530 g/mol. The van der Waals surface area contributed by atoms with Crippen molar-refractivity contribution in [2.75, 3.05) is 24.4 Å². The van der Waals surface area contributed by atoms with Gasteiger partial charge >= 0.3 is 0 Å². The Morgan fingerprint density at radius 2 is 1.53 bits per heavy atom. The molecule has 4 aromatic carbocycles. The Morgan fingerprint density at radius 1 is 0.895 bits per heavy atom. The highest BCUT2D eigenvalue weighted by Crippen LogP contribution is 2.46. The molecule has 1 aliphatic heterocycles. The van der Waals surface area contributed by atoms with Gasteiger partial charge in [0.2, 0.25) is 5.91 Å². The van der Waals surface area contributed by atoms with Crippen LogP contribution in [0.2, 0.25) is 5.02 Å². The number of carbonyl (C=O) groups is 2. The topological polar surface area (TPSA) is 67.9 Å². The van der Waals surface area contributed by atoms with E-state index in [-0.39, 0.29) is 16.6 Å². The van der Waals surface area contributed by atoms with E-state index in [4.69, 9.17) is 21.1 Å². The second kappa shape index (κ2) is 10.6. The zero-order valence-corrected chi connectivity index (χ0v) is 21.4. The standard InChI is InChI=1S/C30H24ClFN2O4/c1-37-21-12-7-18(8-13-21)28-27(29(35)33-26-16-9-19(32)17-25(26)31)23-5-3-4-6-24(23)30(36)34(28)20-10-14-22(38-2)15-11-20/h3-17,27-28H,1-2H3,(H,33,35)/t27-,28+/m0/s1. The summed E-state index contributed by atoms with van der Waals surface area (Å²) in [7, 11) is 3.14. The predicted molar refractivity (Wildman–Crippen MR) is 145 cm³/mol. The number of benzene rings is 4. The lowest BCUT2D eigenvalue weighted by Gasteiger charge is -2.42. The van der Waals surface area contributed by atoms with Gasteiger partial charge in [0.15, 0.2) is 0 Å². The Kier molecular flexibility index (Phi) is 7.03. The zero-order chi connectivity index (χ0) is 26.8. The maximum absolute atomic E-state index is 14.0. The van der Waals surface area contributed by atoms with Gasteiger partial charge in [0, 0.05) is 11.3 Å². The maximum atomic E-state index is 14.0. The van der Waals surface area contributed by atoms with Crippen LogP contribution in [0.3, 0.4) is 0 Å². The van der Waals surface area contributed by atoms with Crippen LogP contribution in [0.4, 0.5) is 15.8 Å². The van der Waals surface area contributed by atoms with Gasteiger partial charge < -0.3 is 14.8 Å². The van der Waals surface area contributed by atoms with Crippen LogP contribution >= 0.6 is 11.6 Å². The molecule has 0 unspecified atom stereocenters. The zero-order valence-electron chi connectivity index (χ0n) is 20.7. The summed E-state index contributed by atoms with van der Waals surface area (Å²) in [6.07, 6.45) is 0. The Bertz CT molecular complexity index is 1490. The molecule has 0 fully saturated rings. The molecular weight excluding hydrogens is 507 g/mol. The third-order valence-corrected chi connectivity index (χ3v) is 6.93. The van der Waals surface area contributed by atoms with Crippen LogP contribution in [0.5, 0.6) is 11.5 Å². The molecule has 4 aromatic rings. The normalized spacial score (nSPS) is 16.5. The van der Waals surface area contributed by atoms with Gasteiger partial charge in [-0.25, -0.2) is 4.39 Å². The minimum absolute atomic E-state index is 0.0755.